The van der Waals surface area contributed by atoms with Crippen molar-refractivity contribution in [2.45, 2.75) is 12.3 Å². The second kappa shape index (κ2) is 7.18. The number of rotatable bonds is 3. The van der Waals surface area contributed by atoms with Crippen LogP contribution in [-0.2, 0) is 4.79 Å². The summed E-state index contributed by atoms with van der Waals surface area (Å²) in [6.07, 6.45) is 3.82. The normalized spacial score (nSPS) is 18.3. The lowest BCUT2D eigenvalue weighted by Gasteiger charge is -2.10. The fraction of sp³-hybridized carbons (Fsp3) is 0.176. The van der Waals surface area contributed by atoms with Gasteiger partial charge in [-0.25, -0.2) is 0 Å². The minimum Gasteiger partial charge on any atom is -0.298 e. The summed E-state index contributed by atoms with van der Waals surface area (Å²) in [5, 5.41) is 2.52. The van der Waals surface area contributed by atoms with Crippen LogP contribution in [0.3, 0.4) is 0 Å². The lowest BCUT2D eigenvalue weighted by molar-refractivity contribution is -0.123. The van der Waals surface area contributed by atoms with Crippen LogP contribution in [0, 0.1) is 5.92 Å². The van der Waals surface area contributed by atoms with Gasteiger partial charge in [0, 0.05) is 18.3 Å². The van der Waals surface area contributed by atoms with Crippen molar-refractivity contribution in [3.63, 3.8) is 0 Å². The van der Waals surface area contributed by atoms with Crippen molar-refractivity contribution in [1.29, 1.82) is 0 Å². The number of carbonyl (C=O) groups excluding carboxylic acids is 2. The van der Waals surface area contributed by atoms with E-state index in [9.17, 15) is 9.59 Å². The Bertz CT molecular complexity index is 752. The SMILES string of the molecule is O=C(NC(=S)NNC(=O)[C@H]1C[C@H]1c1ccccc1)c1cccnc1. The number of pyridine rings is 1. The van der Waals surface area contributed by atoms with Gasteiger partial charge in [-0.15, -0.1) is 0 Å². The fourth-order valence-corrected chi connectivity index (χ4v) is 2.61. The van der Waals surface area contributed by atoms with Crippen molar-refractivity contribution in [1.82, 2.24) is 21.2 Å². The van der Waals surface area contributed by atoms with Gasteiger partial charge in [-0.2, -0.15) is 0 Å². The Balaban J connectivity index is 1.44. The molecule has 1 aliphatic carbocycles. The molecule has 3 N–H and O–H groups in total. The van der Waals surface area contributed by atoms with Crippen LogP contribution in [0.1, 0.15) is 28.3 Å². The molecule has 24 heavy (non-hydrogen) atoms. The molecule has 2 atom stereocenters. The molecule has 1 aromatic carbocycles. The zero-order valence-corrected chi connectivity index (χ0v) is 13.5. The Morgan fingerprint density at radius 3 is 2.58 bits per heavy atom. The summed E-state index contributed by atoms with van der Waals surface area (Å²) in [6, 6.07) is 13.2. The van der Waals surface area contributed by atoms with E-state index in [-0.39, 0.29) is 28.8 Å². The highest BCUT2D eigenvalue weighted by Crippen LogP contribution is 2.47. The van der Waals surface area contributed by atoms with Gasteiger partial charge in [0.2, 0.25) is 5.91 Å². The highest BCUT2D eigenvalue weighted by molar-refractivity contribution is 7.80. The summed E-state index contributed by atoms with van der Waals surface area (Å²) in [5.74, 6) is -0.353. The Labute approximate surface area is 144 Å². The minimum atomic E-state index is -0.386. The number of aromatic nitrogens is 1. The van der Waals surface area contributed by atoms with Crippen molar-refractivity contribution in [2.75, 3.05) is 0 Å². The summed E-state index contributed by atoms with van der Waals surface area (Å²) in [5.41, 5.74) is 6.64. The van der Waals surface area contributed by atoms with Gasteiger partial charge in [0.05, 0.1) is 5.56 Å². The topological polar surface area (TPSA) is 83.1 Å². The number of carbonyl (C=O) groups is 2. The molecule has 7 heteroatoms. The van der Waals surface area contributed by atoms with Gasteiger partial charge in [0.15, 0.2) is 5.11 Å². The summed E-state index contributed by atoms with van der Waals surface area (Å²) < 4.78 is 0. The zero-order chi connectivity index (χ0) is 16.9. The van der Waals surface area contributed by atoms with Gasteiger partial charge in [-0.05, 0) is 42.3 Å². The smallest absolute Gasteiger partial charge is 0.259 e. The first kappa shape index (κ1) is 16.1. The third-order valence-electron chi connectivity index (χ3n) is 3.80. The molecule has 0 spiro atoms. The molecule has 2 amide bonds. The van der Waals surface area contributed by atoms with Gasteiger partial charge >= 0.3 is 0 Å². The van der Waals surface area contributed by atoms with Crippen molar-refractivity contribution in [3.05, 3.63) is 66.0 Å². The monoisotopic (exact) mass is 340 g/mol. The Morgan fingerprint density at radius 2 is 1.88 bits per heavy atom. The van der Waals surface area contributed by atoms with Gasteiger partial charge < -0.3 is 0 Å². The van der Waals surface area contributed by atoms with E-state index in [1.165, 1.54) is 6.20 Å². The molecule has 6 nitrogen and oxygen atoms in total. The van der Waals surface area contributed by atoms with E-state index >= 15 is 0 Å². The van der Waals surface area contributed by atoms with Gasteiger partial charge in [-0.3, -0.25) is 30.7 Å². The molecule has 122 valence electrons. The van der Waals surface area contributed by atoms with Crippen LogP contribution >= 0.6 is 12.2 Å². The molecule has 0 aliphatic heterocycles. The number of hydrogen-bond acceptors (Lipinski definition) is 4. The van der Waals surface area contributed by atoms with Crippen molar-refractivity contribution >= 4 is 29.1 Å². The lowest BCUT2D eigenvalue weighted by atomic mass is 10.1. The average molecular weight is 340 g/mol. The largest absolute Gasteiger partial charge is 0.298 e. The third-order valence-corrected chi connectivity index (χ3v) is 4.01. The molecule has 1 aliphatic rings. The van der Waals surface area contributed by atoms with Crippen LogP contribution in [0.15, 0.2) is 54.9 Å². The summed E-state index contributed by atoms with van der Waals surface area (Å²) in [7, 11) is 0. The molecule has 1 fully saturated rings. The van der Waals surface area contributed by atoms with E-state index in [0.717, 1.165) is 12.0 Å². The van der Waals surface area contributed by atoms with Gasteiger partial charge in [0.1, 0.15) is 0 Å². The standard InChI is InChI=1S/C17H16N4O2S/c22-15(12-7-4-8-18-10-12)19-17(24)21-20-16(23)14-9-13(14)11-5-2-1-3-6-11/h1-8,10,13-14H,9H2,(H,20,23)(H2,19,21,22,24)/t13-,14-/m0/s1. The molecule has 1 aromatic heterocycles. The van der Waals surface area contributed by atoms with Crippen LogP contribution < -0.4 is 16.2 Å². The number of amides is 2. The third kappa shape index (κ3) is 3.94. The first-order valence-corrected chi connectivity index (χ1v) is 7.92. The predicted octanol–water partition coefficient (Wildman–Crippen LogP) is 1.52. The summed E-state index contributed by atoms with van der Waals surface area (Å²) >= 11 is 5.00. The Hall–Kier alpha value is -2.80. The Morgan fingerprint density at radius 1 is 1.08 bits per heavy atom. The van der Waals surface area contributed by atoms with Crippen LogP contribution in [0.5, 0.6) is 0 Å². The highest BCUT2D eigenvalue weighted by atomic mass is 32.1. The van der Waals surface area contributed by atoms with Crippen LogP contribution in [0.4, 0.5) is 0 Å². The number of nitrogens with zero attached hydrogens (tertiary/aromatic N) is 1. The minimum absolute atomic E-state index is 0.0362. The maximum atomic E-state index is 12.1. The second-order valence-corrected chi connectivity index (χ2v) is 5.91. The van der Waals surface area contributed by atoms with Gasteiger partial charge in [-0.1, -0.05) is 30.3 Å². The molecular formula is C17H16N4O2S. The number of nitrogens with one attached hydrogen (secondary N) is 3. The average Bonchev–Trinajstić information content (AvgIpc) is 3.42. The first-order chi connectivity index (χ1) is 11.6. The number of thiocarbonyl (C=S) groups is 1. The molecule has 1 heterocycles. The molecule has 0 unspecified atom stereocenters. The van der Waals surface area contributed by atoms with E-state index in [2.05, 4.69) is 21.2 Å². The number of hydrazine groups is 1. The summed E-state index contributed by atoms with van der Waals surface area (Å²) in [6.45, 7) is 0. The maximum Gasteiger partial charge on any atom is 0.259 e. The Kier molecular flexibility index (Phi) is 4.81. The molecule has 3 rings (SSSR count). The highest BCUT2D eigenvalue weighted by Gasteiger charge is 2.43. The quantitative estimate of drug-likeness (QED) is 0.583. The first-order valence-electron chi connectivity index (χ1n) is 7.51. The number of hydrogen-bond donors (Lipinski definition) is 3. The zero-order valence-electron chi connectivity index (χ0n) is 12.7. The van der Waals surface area contributed by atoms with E-state index in [0.29, 0.717) is 5.56 Å². The van der Waals surface area contributed by atoms with Crippen LogP contribution in [-0.4, -0.2) is 21.9 Å². The lowest BCUT2D eigenvalue weighted by Crippen LogP contribution is -2.49. The van der Waals surface area contributed by atoms with E-state index in [4.69, 9.17) is 12.2 Å². The number of benzene rings is 1. The van der Waals surface area contributed by atoms with Crippen molar-refractivity contribution < 1.29 is 9.59 Å². The fourth-order valence-electron chi connectivity index (χ4n) is 2.47. The second-order valence-electron chi connectivity index (χ2n) is 5.50. The van der Waals surface area contributed by atoms with Crippen molar-refractivity contribution in [3.8, 4) is 0 Å². The van der Waals surface area contributed by atoms with E-state index in [1.54, 1.807) is 18.3 Å². The van der Waals surface area contributed by atoms with Crippen LogP contribution in [0.2, 0.25) is 0 Å². The molecule has 0 bridgehead atoms. The molecular weight excluding hydrogens is 324 g/mol. The molecule has 1 saturated carbocycles. The summed E-state index contributed by atoms with van der Waals surface area (Å²) in [4.78, 5) is 27.8. The maximum absolute atomic E-state index is 12.1. The van der Waals surface area contributed by atoms with E-state index in [1.807, 2.05) is 30.3 Å². The molecule has 2 aromatic rings. The van der Waals surface area contributed by atoms with Gasteiger partial charge in [0.25, 0.3) is 5.91 Å². The van der Waals surface area contributed by atoms with Crippen LogP contribution in [0.25, 0.3) is 0 Å². The molecule has 0 radical (unpaired) electrons. The molecule has 0 saturated heterocycles. The van der Waals surface area contributed by atoms with E-state index < -0.39 is 0 Å². The van der Waals surface area contributed by atoms with Crippen molar-refractivity contribution in [2.24, 2.45) is 5.92 Å². The predicted molar refractivity (Wildman–Crippen MR) is 92.9 cm³/mol.